The minimum absolute atomic E-state index is 0. The number of aliphatic imine (C=N–C) groups is 1. The molecule has 5 nitrogen and oxygen atoms in total. The summed E-state index contributed by atoms with van der Waals surface area (Å²) >= 11 is 6.07. The number of aryl methyl sites for hydroxylation is 1. The van der Waals surface area contributed by atoms with E-state index in [1.54, 1.807) is 0 Å². The van der Waals surface area contributed by atoms with E-state index in [4.69, 9.17) is 16.6 Å². The molecule has 2 N–H and O–H groups in total. The summed E-state index contributed by atoms with van der Waals surface area (Å²) in [6, 6.07) is 1.98. The minimum atomic E-state index is 0. The number of aliphatic hydroxyl groups excluding tert-OH is 1. The second-order valence-electron chi connectivity index (χ2n) is 6.47. The summed E-state index contributed by atoms with van der Waals surface area (Å²) < 4.78 is 2.04. The average molecular weight is 485 g/mol. The molecule has 0 bridgehead atoms. The summed E-state index contributed by atoms with van der Waals surface area (Å²) in [6.45, 7) is 8.92. The van der Waals surface area contributed by atoms with Crippen molar-refractivity contribution in [1.82, 2.24) is 14.8 Å². The second kappa shape index (κ2) is 12.0. The molecular weight excluding hydrogens is 451 g/mol. The molecule has 1 rings (SSSR count). The van der Waals surface area contributed by atoms with Gasteiger partial charge in [0.05, 0.1) is 11.6 Å². The molecule has 0 fully saturated rings. The van der Waals surface area contributed by atoms with Crippen LogP contribution >= 0.6 is 35.6 Å². The van der Waals surface area contributed by atoms with Gasteiger partial charge >= 0.3 is 0 Å². The molecule has 25 heavy (non-hydrogen) atoms. The van der Waals surface area contributed by atoms with Crippen molar-refractivity contribution in [3.8, 4) is 0 Å². The molecule has 1 aromatic rings. The summed E-state index contributed by atoms with van der Waals surface area (Å²) in [5.74, 6) is 0.888. The molecule has 0 unspecified atom stereocenters. The van der Waals surface area contributed by atoms with Crippen LogP contribution in [0.5, 0.6) is 0 Å². The van der Waals surface area contributed by atoms with Crippen LogP contribution in [0.3, 0.4) is 0 Å². The van der Waals surface area contributed by atoms with E-state index in [2.05, 4.69) is 31.0 Å². The lowest BCUT2D eigenvalue weighted by atomic mass is 9.79. The number of aromatic nitrogens is 1. The van der Waals surface area contributed by atoms with Gasteiger partial charge in [-0.2, -0.15) is 0 Å². The van der Waals surface area contributed by atoms with E-state index in [0.717, 1.165) is 55.6 Å². The monoisotopic (exact) mass is 484 g/mol. The fourth-order valence-electron chi connectivity index (χ4n) is 2.90. The standard InChI is InChI=1S/C18H33ClN4O.HI/c1-6-18(7-2,9-10-24)14-21-17(20-8-3)23(5)13-16-11-15(19)12-22(16)4;/h11-12,24H,6-10,13-14H2,1-5H3,(H,20,21);1H. The molecule has 146 valence electrons. The molecule has 0 radical (unpaired) electrons. The van der Waals surface area contributed by atoms with Gasteiger partial charge in [-0.15, -0.1) is 24.0 Å². The summed E-state index contributed by atoms with van der Waals surface area (Å²) in [4.78, 5) is 6.97. The second-order valence-corrected chi connectivity index (χ2v) is 6.90. The number of nitrogens with one attached hydrogen (secondary N) is 1. The van der Waals surface area contributed by atoms with Crippen LogP contribution in [0, 0.1) is 5.41 Å². The lowest BCUT2D eigenvalue weighted by Crippen LogP contribution is -2.40. The Balaban J connectivity index is 0.00000576. The van der Waals surface area contributed by atoms with Gasteiger partial charge in [0.1, 0.15) is 0 Å². The minimum Gasteiger partial charge on any atom is -0.396 e. The Kier molecular flexibility index (Phi) is 11.8. The van der Waals surface area contributed by atoms with Crippen LogP contribution in [0.25, 0.3) is 0 Å². The molecule has 0 saturated heterocycles. The predicted molar refractivity (Wildman–Crippen MR) is 118 cm³/mol. The number of hydrogen-bond acceptors (Lipinski definition) is 2. The van der Waals surface area contributed by atoms with Crippen molar-refractivity contribution in [1.29, 1.82) is 0 Å². The van der Waals surface area contributed by atoms with Crippen molar-refractivity contribution < 1.29 is 5.11 Å². The Morgan fingerprint density at radius 2 is 2.00 bits per heavy atom. The highest BCUT2D eigenvalue weighted by molar-refractivity contribution is 14.0. The Hall–Kier alpha value is -0.470. The van der Waals surface area contributed by atoms with Crippen molar-refractivity contribution in [2.24, 2.45) is 17.5 Å². The molecule has 0 spiro atoms. The Morgan fingerprint density at radius 1 is 1.36 bits per heavy atom. The van der Waals surface area contributed by atoms with Gasteiger partial charge < -0.3 is 19.9 Å². The van der Waals surface area contributed by atoms with Crippen molar-refractivity contribution >= 4 is 41.5 Å². The maximum absolute atomic E-state index is 9.38. The molecule has 7 heteroatoms. The van der Waals surface area contributed by atoms with Crippen molar-refractivity contribution in [3.05, 3.63) is 23.0 Å². The molecule has 0 amide bonds. The zero-order chi connectivity index (χ0) is 18.2. The molecule has 1 aromatic heterocycles. The number of nitrogens with zero attached hydrogens (tertiary/aromatic N) is 3. The van der Waals surface area contributed by atoms with Gasteiger partial charge in [0, 0.05) is 45.7 Å². The van der Waals surface area contributed by atoms with Gasteiger partial charge in [0.15, 0.2) is 5.96 Å². The van der Waals surface area contributed by atoms with Crippen LogP contribution < -0.4 is 5.32 Å². The zero-order valence-electron chi connectivity index (χ0n) is 16.2. The summed E-state index contributed by atoms with van der Waals surface area (Å²) in [5, 5.41) is 13.5. The average Bonchev–Trinajstić information content (AvgIpc) is 2.87. The van der Waals surface area contributed by atoms with Crippen LogP contribution in [-0.4, -0.2) is 47.3 Å². The van der Waals surface area contributed by atoms with Crippen LogP contribution in [0.2, 0.25) is 5.02 Å². The summed E-state index contributed by atoms with van der Waals surface area (Å²) in [5.41, 5.74) is 1.21. The van der Waals surface area contributed by atoms with Gasteiger partial charge in [-0.1, -0.05) is 25.4 Å². The first-order valence-corrected chi connectivity index (χ1v) is 9.20. The normalized spacial score (nSPS) is 12.0. The largest absolute Gasteiger partial charge is 0.396 e. The van der Waals surface area contributed by atoms with Gasteiger partial charge in [-0.25, -0.2) is 0 Å². The van der Waals surface area contributed by atoms with E-state index >= 15 is 0 Å². The molecule has 1 heterocycles. The molecule has 0 saturated carbocycles. The van der Waals surface area contributed by atoms with Crippen LogP contribution in [-0.2, 0) is 13.6 Å². The van der Waals surface area contributed by atoms with Crippen molar-refractivity contribution in [2.75, 3.05) is 26.7 Å². The van der Waals surface area contributed by atoms with Crippen LogP contribution in [0.15, 0.2) is 17.3 Å². The molecule has 0 aromatic carbocycles. The van der Waals surface area contributed by atoms with E-state index < -0.39 is 0 Å². The first-order valence-electron chi connectivity index (χ1n) is 8.82. The Labute approximate surface area is 174 Å². The number of halogens is 2. The first kappa shape index (κ1) is 24.5. The first-order chi connectivity index (χ1) is 11.4. The number of hydrogen-bond donors (Lipinski definition) is 2. The van der Waals surface area contributed by atoms with E-state index in [0.29, 0.717) is 0 Å². The fraction of sp³-hybridized carbons (Fsp3) is 0.722. The topological polar surface area (TPSA) is 52.8 Å². The SMILES string of the molecule is CCNC(=NCC(CC)(CC)CCO)N(C)Cc1cc(Cl)cn1C.I. The summed E-state index contributed by atoms with van der Waals surface area (Å²) in [6.07, 6.45) is 4.74. The van der Waals surface area contributed by atoms with E-state index in [-0.39, 0.29) is 36.0 Å². The maximum Gasteiger partial charge on any atom is 0.194 e. The third-order valence-electron chi connectivity index (χ3n) is 4.88. The highest BCUT2D eigenvalue weighted by atomic mass is 127. The smallest absolute Gasteiger partial charge is 0.194 e. The predicted octanol–water partition coefficient (Wildman–Crippen LogP) is 3.88. The van der Waals surface area contributed by atoms with Crippen molar-refractivity contribution in [3.63, 3.8) is 0 Å². The molecule has 0 aliphatic heterocycles. The fourth-order valence-corrected chi connectivity index (χ4v) is 3.17. The third kappa shape index (κ3) is 7.35. The quantitative estimate of drug-likeness (QED) is 0.318. The molecule has 0 aliphatic rings. The van der Waals surface area contributed by atoms with Gasteiger partial charge in [0.2, 0.25) is 0 Å². The van der Waals surface area contributed by atoms with E-state index in [1.165, 1.54) is 0 Å². The van der Waals surface area contributed by atoms with Gasteiger partial charge in [0.25, 0.3) is 0 Å². The molecule has 0 aliphatic carbocycles. The van der Waals surface area contributed by atoms with Crippen LogP contribution in [0.1, 0.15) is 45.7 Å². The van der Waals surface area contributed by atoms with Gasteiger partial charge in [-0.05, 0) is 37.7 Å². The highest BCUT2D eigenvalue weighted by Crippen LogP contribution is 2.30. The Morgan fingerprint density at radius 3 is 2.44 bits per heavy atom. The maximum atomic E-state index is 9.38. The highest BCUT2D eigenvalue weighted by Gasteiger charge is 2.25. The summed E-state index contributed by atoms with van der Waals surface area (Å²) in [7, 11) is 4.04. The van der Waals surface area contributed by atoms with Crippen LogP contribution in [0.4, 0.5) is 0 Å². The van der Waals surface area contributed by atoms with Crippen molar-refractivity contribution in [2.45, 2.75) is 46.6 Å². The Bertz CT molecular complexity index is 529. The third-order valence-corrected chi connectivity index (χ3v) is 5.08. The van der Waals surface area contributed by atoms with E-state index in [1.807, 2.05) is 30.9 Å². The van der Waals surface area contributed by atoms with Gasteiger partial charge in [-0.3, -0.25) is 4.99 Å². The lowest BCUT2D eigenvalue weighted by molar-refractivity contribution is 0.175. The molecular formula is C18H34ClIN4O. The molecule has 0 atom stereocenters. The number of aliphatic hydroxyl groups is 1. The van der Waals surface area contributed by atoms with E-state index in [9.17, 15) is 5.11 Å². The number of rotatable bonds is 9. The number of guanidine groups is 1. The zero-order valence-corrected chi connectivity index (χ0v) is 19.3. The lowest BCUT2D eigenvalue weighted by Gasteiger charge is -2.30.